The third kappa shape index (κ3) is 5.12. The standard InChI is InChI=1S/C26H26ClN5O3/c1-16-24(18(3)31(29-16)14-20-10-8-9-13-22(20)27)26(34)35-15-23(33)28-25-17(2)30-32(19(25)4)21-11-6-5-7-12-21/h5-13H,14-15H2,1-4H3,(H,28,33). The number of carbonyl (C=O) groups is 2. The first-order valence-corrected chi connectivity index (χ1v) is 11.5. The Morgan fingerprint density at radius 3 is 2.31 bits per heavy atom. The van der Waals surface area contributed by atoms with E-state index in [1.807, 2.05) is 68.4 Å². The van der Waals surface area contributed by atoms with Gasteiger partial charge in [-0.25, -0.2) is 9.48 Å². The van der Waals surface area contributed by atoms with Gasteiger partial charge in [0.15, 0.2) is 6.61 Å². The molecule has 1 N–H and O–H groups in total. The van der Waals surface area contributed by atoms with E-state index in [-0.39, 0.29) is 0 Å². The molecule has 0 unspecified atom stereocenters. The molecule has 2 aromatic carbocycles. The number of aryl methyl sites for hydroxylation is 2. The molecule has 2 heterocycles. The van der Waals surface area contributed by atoms with Crippen LogP contribution in [0.2, 0.25) is 5.02 Å². The van der Waals surface area contributed by atoms with Crippen LogP contribution in [-0.4, -0.2) is 38.0 Å². The van der Waals surface area contributed by atoms with Crippen molar-refractivity contribution in [1.82, 2.24) is 19.6 Å². The Kier molecular flexibility index (Phi) is 7.02. The SMILES string of the molecule is Cc1nn(-c2ccccc2)c(C)c1NC(=O)COC(=O)c1c(C)nn(Cc2ccccc2Cl)c1C. The first-order chi connectivity index (χ1) is 16.8. The normalized spacial score (nSPS) is 10.9. The fourth-order valence-corrected chi connectivity index (χ4v) is 4.15. The third-order valence-electron chi connectivity index (χ3n) is 5.75. The van der Waals surface area contributed by atoms with E-state index in [0.29, 0.717) is 39.9 Å². The van der Waals surface area contributed by atoms with E-state index in [4.69, 9.17) is 16.3 Å². The van der Waals surface area contributed by atoms with Gasteiger partial charge in [-0.1, -0.05) is 48.0 Å². The number of benzene rings is 2. The molecule has 0 aliphatic rings. The van der Waals surface area contributed by atoms with Crippen LogP contribution in [-0.2, 0) is 16.1 Å². The van der Waals surface area contributed by atoms with Crippen molar-refractivity contribution >= 4 is 29.2 Å². The van der Waals surface area contributed by atoms with E-state index in [0.717, 1.165) is 16.9 Å². The van der Waals surface area contributed by atoms with Gasteiger partial charge in [0.2, 0.25) is 0 Å². The number of para-hydroxylation sites is 1. The lowest BCUT2D eigenvalue weighted by Crippen LogP contribution is -2.22. The maximum absolute atomic E-state index is 12.8. The number of halogens is 1. The largest absolute Gasteiger partial charge is 0.452 e. The molecule has 0 fully saturated rings. The fourth-order valence-electron chi connectivity index (χ4n) is 3.96. The first-order valence-electron chi connectivity index (χ1n) is 11.1. The van der Waals surface area contributed by atoms with Crippen molar-refractivity contribution in [3.05, 3.63) is 93.5 Å². The average Bonchev–Trinajstić information content (AvgIpc) is 3.28. The summed E-state index contributed by atoms with van der Waals surface area (Å²) in [6.07, 6.45) is 0. The van der Waals surface area contributed by atoms with E-state index in [9.17, 15) is 9.59 Å². The first kappa shape index (κ1) is 24.2. The van der Waals surface area contributed by atoms with Crippen LogP contribution < -0.4 is 5.32 Å². The number of carbonyl (C=O) groups excluding carboxylic acids is 2. The molecule has 0 aliphatic carbocycles. The van der Waals surface area contributed by atoms with Crippen LogP contribution in [0.4, 0.5) is 5.69 Å². The molecule has 4 rings (SSSR count). The third-order valence-corrected chi connectivity index (χ3v) is 6.12. The second-order valence-electron chi connectivity index (χ2n) is 8.21. The summed E-state index contributed by atoms with van der Waals surface area (Å²) >= 11 is 6.26. The van der Waals surface area contributed by atoms with Crippen molar-refractivity contribution in [1.29, 1.82) is 0 Å². The van der Waals surface area contributed by atoms with E-state index in [1.165, 1.54) is 0 Å². The second-order valence-corrected chi connectivity index (χ2v) is 8.62. The quantitative estimate of drug-likeness (QED) is 0.375. The molecule has 0 saturated heterocycles. The predicted octanol–water partition coefficient (Wildman–Crippen LogP) is 4.80. The zero-order valence-corrected chi connectivity index (χ0v) is 20.8. The molecule has 8 nitrogen and oxygen atoms in total. The lowest BCUT2D eigenvalue weighted by atomic mass is 10.2. The summed E-state index contributed by atoms with van der Waals surface area (Å²) < 4.78 is 8.79. The van der Waals surface area contributed by atoms with Gasteiger partial charge in [-0.15, -0.1) is 0 Å². The molecular formula is C26H26ClN5O3. The minimum absolute atomic E-state index is 0.342. The summed E-state index contributed by atoms with van der Waals surface area (Å²) in [5.74, 6) is -1.05. The highest BCUT2D eigenvalue weighted by molar-refractivity contribution is 6.31. The van der Waals surface area contributed by atoms with Gasteiger partial charge in [-0.2, -0.15) is 10.2 Å². The molecule has 0 atom stereocenters. The minimum Gasteiger partial charge on any atom is -0.452 e. The molecular weight excluding hydrogens is 466 g/mol. The number of nitrogens with one attached hydrogen (secondary N) is 1. The summed E-state index contributed by atoms with van der Waals surface area (Å²) in [6, 6.07) is 17.1. The zero-order chi connectivity index (χ0) is 25.1. The number of amides is 1. The zero-order valence-electron chi connectivity index (χ0n) is 20.0. The summed E-state index contributed by atoms with van der Waals surface area (Å²) in [5, 5.41) is 12.4. The van der Waals surface area contributed by atoms with Crippen molar-refractivity contribution in [2.24, 2.45) is 0 Å². The van der Waals surface area contributed by atoms with Gasteiger partial charge < -0.3 is 10.1 Å². The number of hydrogen-bond acceptors (Lipinski definition) is 5. The molecule has 180 valence electrons. The summed E-state index contributed by atoms with van der Waals surface area (Å²) in [4.78, 5) is 25.4. The van der Waals surface area contributed by atoms with E-state index >= 15 is 0 Å². The Bertz CT molecular complexity index is 1390. The Morgan fingerprint density at radius 2 is 1.60 bits per heavy atom. The van der Waals surface area contributed by atoms with E-state index in [1.54, 1.807) is 23.2 Å². The van der Waals surface area contributed by atoms with Gasteiger partial charge in [0, 0.05) is 5.02 Å². The molecule has 0 spiro atoms. The number of anilines is 1. The molecule has 0 aliphatic heterocycles. The van der Waals surface area contributed by atoms with Crippen LogP contribution in [0.15, 0.2) is 54.6 Å². The Hall–Kier alpha value is -3.91. The maximum atomic E-state index is 12.8. The van der Waals surface area contributed by atoms with Gasteiger partial charge in [0.25, 0.3) is 5.91 Å². The van der Waals surface area contributed by atoms with Crippen molar-refractivity contribution < 1.29 is 14.3 Å². The topological polar surface area (TPSA) is 91.0 Å². The number of nitrogens with zero attached hydrogens (tertiary/aromatic N) is 4. The van der Waals surface area contributed by atoms with Gasteiger partial charge in [-0.3, -0.25) is 9.48 Å². The second kappa shape index (κ2) is 10.1. The van der Waals surface area contributed by atoms with Gasteiger partial charge >= 0.3 is 5.97 Å². The molecule has 2 aromatic heterocycles. The van der Waals surface area contributed by atoms with Crippen LogP contribution in [0.1, 0.15) is 38.7 Å². The number of esters is 1. The molecule has 0 bridgehead atoms. The van der Waals surface area contributed by atoms with Gasteiger partial charge in [0.05, 0.1) is 40.7 Å². The predicted molar refractivity (Wildman–Crippen MR) is 134 cm³/mol. The fraction of sp³-hybridized carbons (Fsp3) is 0.231. The summed E-state index contributed by atoms with van der Waals surface area (Å²) in [5.41, 5.74) is 5.32. The van der Waals surface area contributed by atoms with Gasteiger partial charge in [0.1, 0.15) is 5.56 Å². The highest BCUT2D eigenvalue weighted by Gasteiger charge is 2.22. The highest BCUT2D eigenvalue weighted by Crippen LogP contribution is 2.23. The van der Waals surface area contributed by atoms with Crippen molar-refractivity contribution in [2.75, 3.05) is 11.9 Å². The lowest BCUT2D eigenvalue weighted by Gasteiger charge is -2.09. The van der Waals surface area contributed by atoms with Crippen LogP contribution in [0.25, 0.3) is 5.69 Å². The molecule has 0 saturated carbocycles. The molecule has 1 amide bonds. The number of rotatable bonds is 7. The smallest absolute Gasteiger partial charge is 0.342 e. The molecule has 4 aromatic rings. The Morgan fingerprint density at radius 1 is 0.914 bits per heavy atom. The molecule has 0 radical (unpaired) electrons. The summed E-state index contributed by atoms with van der Waals surface area (Å²) in [6.45, 7) is 7.20. The summed E-state index contributed by atoms with van der Waals surface area (Å²) in [7, 11) is 0. The molecule has 35 heavy (non-hydrogen) atoms. The highest BCUT2D eigenvalue weighted by atomic mass is 35.5. The number of ether oxygens (including phenoxy) is 1. The molecule has 9 heteroatoms. The van der Waals surface area contributed by atoms with E-state index < -0.39 is 18.5 Å². The monoisotopic (exact) mass is 491 g/mol. The van der Waals surface area contributed by atoms with E-state index in [2.05, 4.69) is 15.5 Å². The van der Waals surface area contributed by atoms with Gasteiger partial charge in [-0.05, 0) is 51.5 Å². The van der Waals surface area contributed by atoms with Crippen molar-refractivity contribution in [2.45, 2.75) is 34.2 Å². The van der Waals surface area contributed by atoms with Crippen LogP contribution in [0.5, 0.6) is 0 Å². The minimum atomic E-state index is -0.603. The average molecular weight is 492 g/mol. The lowest BCUT2D eigenvalue weighted by molar-refractivity contribution is -0.119. The Balaban J connectivity index is 1.42. The van der Waals surface area contributed by atoms with Crippen molar-refractivity contribution in [3.63, 3.8) is 0 Å². The Labute approximate surface area is 208 Å². The van der Waals surface area contributed by atoms with Crippen molar-refractivity contribution in [3.8, 4) is 5.69 Å². The van der Waals surface area contributed by atoms with Crippen LogP contribution in [0, 0.1) is 27.7 Å². The maximum Gasteiger partial charge on any atom is 0.342 e. The van der Waals surface area contributed by atoms with Crippen LogP contribution >= 0.6 is 11.6 Å². The van der Waals surface area contributed by atoms with Crippen LogP contribution in [0.3, 0.4) is 0 Å². The number of hydrogen-bond donors (Lipinski definition) is 1. The number of aromatic nitrogens is 4.